The average molecular weight is 300 g/mol. The van der Waals surface area contributed by atoms with Gasteiger partial charge in [-0.3, -0.25) is 4.79 Å². The summed E-state index contributed by atoms with van der Waals surface area (Å²) >= 11 is 3.29. The first-order valence-electron chi connectivity index (χ1n) is 5.87. The van der Waals surface area contributed by atoms with Gasteiger partial charge in [0.15, 0.2) is 5.78 Å². The molecule has 0 radical (unpaired) electrons. The monoisotopic (exact) mass is 299 g/mol. The average Bonchev–Trinajstić information content (AvgIpc) is 2.35. The van der Waals surface area contributed by atoms with Gasteiger partial charge >= 0.3 is 0 Å². The Morgan fingerprint density at radius 3 is 3.00 bits per heavy atom. The van der Waals surface area contributed by atoms with E-state index in [2.05, 4.69) is 21.2 Å². The zero-order valence-corrected chi connectivity index (χ0v) is 11.1. The fraction of sp³-hybridized carbons (Fsp3) is 0.462. The standard InChI is InChI=1S/C13H15BrFNO/c14-10-4-5-11(15)9(7-10)8-13(17)12-3-1-2-6-16-12/h4-5,7,12,16H,1-3,6,8H2. The summed E-state index contributed by atoms with van der Waals surface area (Å²) in [6, 6.07) is 4.61. The van der Waals surface area contributed by atoms with Gasteiger partial charge in [0.2, 0.25) is 0 Å². The number of ketones is 1. The molecule has 0 saturated carbocycles. The van der Waals surface area contributed by atoms with Gasteiger partial charge in [-0.1, -0.05) is 22.4 Å². The molecule has 0 bridgehead atoms. The van der Waals surface area contributed by atoms with Crippen LogP contribution in [-0.2, 0) is 11.2 Å². The maximum absolute atomic E-state index is 13.5. The van der Waals surface area contributed by atoms with E-state index in [9.17, 15) is 9.18 Å². The Bertz CT molecular complexity index is 416. The summed E-state index contributed by atoms with van der Waals surface area (Å²) < 4.78 is 14.3. The lowest BCUT2D eigenvalue weighted by Gasteiger charge is -2.22. The van der Waals surface area contributed by atoms with E-state index in [1.54, 1.807) is 12.1 Å². The van der Waals surface area contributed by atoms with Crippen LogP contribution in [0.1, 0.15) is 24.8 Å². The number of halogens is 2. The molecule has 1 atom stereocenters. The fourth-order valence-corrected chi connectivity index (χ4v) is 2.52. The third-order valence-electron chi connectivity index (χ3n) is 3.07. The summed E-state index contributed by atoms with van der Waals surface area (Å²) in [5.74, 6) is -0.223. The van der Waals surface area contributed by atoms with Crippen LogP contribution in [0.2, 0.25) is 0 Å². The SMILES string of the molecule is O=C(Cc1cc(Br)ccc1F)C1CCCCN1. The number of hydrogen-bond acceptors (Lipinski definition) is 2. The van der Waals surface area contributed by atoms with E-state index < -0.39 is 0 Å². The van der Waals surface area contributed by atoms with E-state index in [0.29, 0.717) is 5.56 Å². The zero-order valence-electron chi connectivity index (χ0n) is 9.51. The summed E-state index contributed by atoms with van der Waals surface area (Å²) in [6.07, 6.45) is 3.23. The van der Waals surface area contributed by atoms with Crippen molar-refractivity contribution in [1.82, 2.24) is 5.32 Å². The van der Waals surface area contributed by atoms with Gasteiger partial charge in [0.05, 0.1) is 6.04 Å². The van der Waals surface area contributed by atoms with Gasteiger partial charge in [-0.25, -0.2) is 4.39 Å². The lowest BCUT2D eigenvalue weighted by atomic mass is 9.96. The molecular formula is C13H15BrFNO. The Morgan fingerprint density at radius 1 is 1.47 bits per heavy atom. The Balaban J connectivity index is 2.04. The molecule has 0 aliphatic carbocycles. The van der Waals surface area contributed by atoms with E-state index in [0.717, 1.165) is 30.3 Å². The topological polar surface area (TPSA) is 29.1 Å². The predicted octanol–water partition coefficient (Wildman–Crippen LogP) is 2.84. The predicted molar refractivity (Wildman–Crippen MR) is 68.5 cm³/mol. The van der Waals surface area contributed by atoms with Gasteiger partial charge in [-0.15, -0.1) is 0 Å². The maximum Gasteiger partial charge on any atom is 0.154 e. The molecule has 0 amide bonds. The van der Waals surface area contributed by atoms with Gasteiger partial charge < -0.3 is 5.32 Å². The summed E-state index contributed by atoms with van der Waals surface area (Å²) in [5, 5.41) is 3.19. The highest BCUT2D eigenvalue weighted by molar-refractivity contribution is 9.10. The van der Waals surface area contributed by atoms with Gasteiger partial charge in [0.1, 0.15) is 5.82 Å². The minimum Gasteiger partial charge on any atom is -0.307 e. The fourth-order valence-electron chi connectivity index (χ4n) is 2.12. The number of hydrogen-bond donors (Lipinski definition) is 1. The van der Waals surface area contributed by atoms with E-state index in [4.69, 9.17) is 0 Å². The smallest absolute Gasteiger partial charge is 0.154 e. The van der Waals surface area contributed by atoms with Crippen molar-refractivity contribution in [2.45, 2.75) is 31.7 Å². The molecule has 2 nitrogen and oxygen atoms in total. The number of carbonyl (C=O) groups excluding carboxylic acids is 1. The molecule has 1 aliphatic rings. The Morgan fingerprint density at radius 2 is 2.29 bits per heavy atom. The van der Waals surface area contributed by atoms with Crippen LogP contribution in [0, 0.1) is 5.82 Å². The number of rotatable bonds is 3. The largest absolute Gasteiger partial charge is 0.307 e. The van der Waals surface area contributed by atoms with Crippen LogP contribution in [0.4, 0.5) is 4.39 Å². The normalized spacial score (nSPS) is 20.2. The number of benzene rings is 1. The highest BCUT2D eigenvalue weighted by Gasteiger charge is 2.21. The lowest BCUT2D eigenvalue weighted by Crippen LogP contribution is -2.41. The van der Waals surface area contributed by atoms with Gasteiger partial charge in [-0.2, -0.15) is 0 Å². The molecular weight excluding hydrogens is 285 g/mol. The quantitative estimate of drug-likeness (QED) is 0.930. The number of Topliss-reactive ketones (excluding diaryl/α,β-unsaturated/α-hetero) is 1. The maximum atomic E-state index is 13.5. The first-order valence-corrected chi connectivity index (χ1v) is 6.66. The van der Waals surface area contributed by atoms with Crippen molar-refractivity contribution in [3.63, 3.8) is 0 Å². The molecule has 4 heteroatoms. The van der Waals surface area contributed by atoms with Crippen LogP contribution in [-0.4, -0.2) is 18.4 Å². The van der Waals surface area contributed by atoms with Crippen molar-refractivity contribution >= 4 is 21.7 Å². The molecule has 1 unspecified atom stereocenters. The minimum atomic E-state index is -0.308. The first-order chi connectivity index (χ1) is 8.16. The van der Waals surface area contributed by atoms with Crippen LogP contribution in [0.25, 0.3) is 0 Å². The molecule has 1 saturated heterocycles. The number of nitrogens with one attached hydrogen (secondary N) is 1. The van der Waals surface area contributed by atoms with E-state index in [-0.39, 0.29) is 24.1 Å². The molecule has 92 valence electrons. The van der Waals surface area contributed by atoms with E-state index in [1.165, 1.54) is 6.07 Å². The highest BCUT2D eigenvalue weighted by atomic mass is 79.9. The van der Waals surface area contributed by atoms with Gasteiger partial charge in [0.25, 0.3) is 0 Å². The Hall–Kier alpha value is -0.740. The van der Waals surface area contributed by atoms with Crippen molar-refractivity contribution in [2.24, 2.45) is 0 Å². The third kappa shape index (κ3) is 3.36. The molecule has 1 aromatic rings. The summed E-state index contributed by atoms with van der Waals surface area (Å²) in [4.78, 5) is 12.0. The summed E-state index contributed by atoms with van der Waals surface area (Å²) in [5.41, 5.74) is 0.469. The molecule has 0 spiro atoms. The summed E-state index contributed by atoms with van der Waals surface area (Å²) in [7, 11) is 0. The molecule has 17 heavy (non-hydrogen) atoms. The van der Waals surface area contributed by atoms with Crippen LogP contribution in [0.3, 0.4) is 0 Å². The Labute approximate surface area is 109 Å². The molecule has 0 aromatic heterocycles. The van der Waals surface area contributed by atoms with Crippen LogP contribution in [0.15, 0.2) is 22.7 Å². The highest BCUT2D eigenvalue weighted by Crippen LogP contribution is 2.18. The number of carbonyl (C=O) groups is 1. The van der Waals surface area contributed by atoms with Crippen molar-refractivity contribution in [3.8, 4) is 0 Å². The lowest BCUT2D eigenvalue weighted by molar-refractivity contribution is -0.121. The Kier molecular flexibility index (Phi) is 4.29. The second-order valence-electron chi connectivity index (χ2n) is 4.38. The van der Waals surface area contributed by atoms with Crippen LogP contribution >= 0.6 is 15.9 Å². The molecule has 1 N–H and O–H groups in total. The van der Waals surface area contributed by atoms with Crippen LogP contribution in [0.5, 0.6) is 0 Å². The van der Waals surface area contributed by atoms with Crippen molar-refractivity contribution < 1.29 is 9.18 Å². The second-order valence-corrected chi connectivity index (χ2v) is 5.30. The second kappa shape index (κ2) is 5.74. The molecule has 1 heterocycles. The first kappa shape index (κ1) is 12.7. The van der Waals surface area contributed by atoms with E-state index in [1.807, 2.05) is 0 Å². The third-order valence-corrected chi connectivity index (χ3v) is 3.56. The zero-order chi connectivity index (χ0) is 12.3. The molecule has 1 aromatic carbocycles. The van der Waals surface area contributed by atoms with Crippen LogP contribution < -0.4 is 5.32 Å². The van der Waals surface area contributed by atoms with Crippen molar-refractivity contribution in [2.75, 3.05) is 6.54 Å². The van der Waals surface area contributed by atoms with Gasteiger partial charge in [0, 0.05) is 10.9 Å². The molecule has 2 rings (SSSR count). The summed E-state index contributed by atoms with van der Waals surface area (Å²) in [6.45, 7) is 0.886. The van der Waals surface area contributed by atoms with Gasteiger partial charge in [-0.05, 0) is 43.1 Å². The van der Waals surface area contributed by atoms with Crippen molar-refractivity contribution in [3.05, 3.63) is 34.1 Å². The molecule has 1 aliphatic heterocycles. The van der Waals surface area contributed by atoms with E-state index >= 15 is 0 Å². The minimum absolute atomic E-state index is 0.0849. The van der Waals surface area contributed by atoms with Crippen molar-refractivity contribution in [1.29, 1.82) is 0 Å². The molecule has 1 fully saturated rings. The number of piperidine rings is 1.